The fraction of sp³-hybridized carbons (Fsp3) is 0.500. The van der Waals surface area contributed by atoms with E-state index in [9.17, 15) is 13.9 Å². The van der Waals surface area contributed by atoms with Crippen LogP contribution < -0.4 is 10.1 Å². The van der Waals surface area contributed by atoms with E-state index in [2.05, 4.69) is 5.32 Å². The average molecular weight is 243 g/mol. The van der Waals surface area contributed by atoms with Gasteiger partial charge in [0.15, 0.2) is 17.3 Å². The first-order valence-electron chi connectivity index (χ1n) is 5.60. The van der Waals surface area contributed by atoms with Gasteiger partial charge in [0.1, 0.15) is 0 Å². The highest BCUT2D eigenvalue weighted by Crippen LogP contribution is 2.37. The standard InChI is InChI=1S/C12H15F2NO2/c1-17-9-6-8(7-2-4-15-5-3-7)10(13)12(16)11(9)14/h6-7,15-16H,2-5H2,1H3. The van der Waals surface area contributed by atoms with E-state index in [1.165, 1.54) is 13.2 Å². The first kappa shape index (κ1) is 12.1. The highest BCUT2D eigenvalue weighted by atomic mass is 19.1. The summed E-state index contributed by atoms with van der Waals surface area (Å²) in [7, 11) is 1.29. The van der Waals surface area contributed by atoms with E-state index in [1.54, 1.807) is 0 Å². The van der Waals surface area contributed by atoms with Crippen molar-refractivity contribution in [1.82, 2.24) is 5.32 Å². The number of phenolic OH excluding ortho intramolecular Hbond substituents is 1. The van der Waals surface area contributed by atoms with Crippen molar-refractivity contribution in [3.63, 3.8) is 0 Å². The second kappa shape index (κ2) is 4.87. The molecule has 0 bridgehead atoms. The molecule has 1 aromatic rings. The molecule has 1 aliphatic rings. The van der Waals surface area contributed by atoms with Crippen LogP contribution >= 0.6 is 0 Å². The average Bonchev–Trinajstić information content (AvgIpc) is 2.37. The summed E-state index contributed by atoms with van der Waals surface area (Å²) in [5.74, 6) is -2.97. The predicted octanol–water partition coefficient (Wildman–Crippen LogP) is 2.15. The van der Waals surface area contributed by atoms with Gasteiger partial charge in [0.25, 0.3) is 0 Å². The number of benzene rings is 1. The number of ether oxygens (including phenoxy) is 1. The highest BCUT2D eigenvalue weighted by Gasteiger charge is 2.25. The summed E-state index contributed by atoms with van der Waals surface area (Å²) in [6, 6.07) is 1.35. The largest absolute Gasteiger partial charge is 0.503 e. The Kier molecular flexibility index (Phi) is 3.47. The second-order valence-corrected chi connectivity index (χ2v) is 4.17. The van der Waals surface area contributed by atoms with Crippen molar-refractivity contribution >= 4 is 0 Å². The smallest absolute Gasteiger partial charge is 0.209 e. The van der Waals surface area contributed by atoms with Crippen LogP contribution in [-0.2, 0) is 0 Å². The zero-order chi connectivity index (χ0) is 12.4. The van der Waals surface area contributed by atoms with E-state index < -0.39 is 17.4 Å². The maximum atomic E-state index is 13.8. The summed E-state index contributed by atoms with van der Waals surface area (Å²) in [5.41, 5.74) is 0.335. The molecule has 0 aliphatic carbocycles. The van der Waals surface area contributed by atoms with Crippen molar-refractivity contribution in [2.45, 2.75) is 18.8 Å². The maximum Gasteiger partial charge on any atom is 0.209 e. The van der Waals surface area contributed by atoms with Crippen LogP contribution in [0.25, 0.3) is 0 Å². The molecule has 0 radical (unpaired) electrons. The van der Waals surface area contributed by atoms with Crippen molar-refractivity contribution in [3.05, 3.63) is 23.3 Å². The lowest BCUT2D eigenvalue weighted by atomic mass is 9.89. The summed E-state index contributed by atoms with van der Waals surface area (Å²) in [6.07, 6.45) is 1.54. The Labute approximate surface area is 98.4 Å². The van der Waals surface area contributed by atoms with Crippen molar-refractivity contribution < 1.29 is 18.6 Å². The number of aromatic hydroxyl groups is 1. The molecule has 2 N–H and O–H groups in total. The van der Waals surface area contributed by atoms with Gasteiger partial charge in [-0.15, -0.1) is 0 Å². The fourth-order valence-corrected chi connectivity index (χ4v) is 2.20. The van der Waals surface area contributed by atoms with E-state index in [-0.39, 0.29) is 11.7 Å². The molecule has 0 aromatic heterocycles. The SMILES string of the molecule is COc1cc(C2CCNCC2)c(F)c(O)c1F. The number of hydrogen-bond donors (Lipinski definition) is 2. The van der Waals surface area contributed by atoms with Gasteiger partial charge in [0, 0.05) is 0 Å². The van der Waals surface area contributed by atoms with E-state index in [4.69, 9.17) is 4.74 Å². The van der Waals surface area contributed by atoms with Crippen LogP contribution in [0.4, 0.5) is 8.78 Å². The summed E-state index contributed by atoms with van der Waals surface area (Å²) in [4.78, 5) is 0. The third-order valence-corrected chi connectivity index (χ3v) is 3.17. The normalized spacial score (nSPS) is 17.1. The van der Waals surface area contributed by atoms with Gasteiger partial charge in [-0.25, -0.2) is 4.39 Å². The van der Waals surface area contributed by atoms with Crippen molar-refractivity contribution in [2.24, 2.45) is 0 Å². The van der Waals surface area contributed by atoms with E-state index in [1.807, 2.05) is 0 Å². The number of hydrogen-bond acceptors (Lipinski definition) is 3. The van der Waals surface area contributed by atoms with Gasteiger partial charge >= 0.3 is 0 Å². The lowest BCUT2D eigenvalue weighted by Crippen LogP contribution is -2.27. The summed E-state index contributed by atoms with van der Waals surface area (Å²) < 4.78 is 32.0. The number of methoxy groups -OCH3 is 1. The summed E-state index contributed by atoms with van der Waals surface area (Å²) in [6.45, 7) is 1.59. The van der Waals surface area contributed by atoms with E-state index >= 15 is 0 Å². The monoisotopic (exact) mass is 243 g/mol. The lowest BCUT2D eigenvalue weighted by Gasteiger charge is -2.24. The van der Waals surface area contributed by atoms with Crippen LogP contribution in [0.1, 0.15) is 24.3 Å². The zero-order valence-electron chi connectivity index (χ0n) is 9.59. The van der Waals surface area contributed by atoms with Gasteiger partial charge < -0.3 is 15.2 Å². The molecule has 17 heavy (non-hydrogen) atoms. The van der Waals surface area contributed by atoms with Gasteiger partial charge in [-0.05, 0) is 43.5 Å². The van der Waals surface area contributed by atoms with E-state index in [0.29, 0.717) is 5.56 Å². The number of rotatable bonds is 2. The minimum atomic E-state index is -1.04. The molecule has 5 heteroatoms. The number of halogens is 2. The Morgan fingerprint density at radius 2 is 1.94 bits per heavy atom. The predicted molar refractivity (Wildman–Crippen MR) is 59.4 cm³/mol. The number of nitrogens with one attached hydrogen (secondary N) is 1. The first-order chi connectivity index (χ1) is 8.15. The van der Waals surface area contributed by atoms with Crippen LogP contribution in [0.5, 0.6) is 11.5 Å². The van der Waals surface area contributed by atoms with Crippen LogP contribution in [0.3, 0.4) is 0 Å². The quantitative estimate of drug-likeness (QED) is 0.836. The third kappa shape index (κ3) is 2.20. The molecule has 1 aliphatic heterocycles. The first-order valence-corrected chi connectivity index (χ1v) is 5.60. The molecule has 1 aromatic carbocycles. The molecule has 1 fully saturated rings. The molecule has 0 spiro atoms. The minimum absolute atomic E-state index is 0.00310. The topological polar surface area (TPSA) is 41.5 Å². The Bertz CT molecular complexity index is 417. The van der Waals surface area contributed by atoms with Crippen LogP contribution in [0, 0.1) is 11.6 Å². The highest BCUT2D eigenvalue weighted by molar-refractivity contribution is 5.42. The fourth-order valence-electron chi connectivity index (χ4n) is 2.20. The molecule has 2 rings (SSSR count). The molecule has 0 amide bonds. The molecular formula is C12H15F2NO2. The van der Waals surface area contributed by atoms with Crippen molar-refractivity contribution in [3.8, 4) is 11.5 Å². The van der Waals surface area contributed by atoms with Gasteiger partial charge in [-0.3, -0.25) is 0 Å². The number of phenols is 1. The van der Waals surface area contributed by atoms with Crippen molar-refractivity contribution in [2.75, 3.05) is 20.2 Å². The minimum Gasteiger partial charge on any atom is -0.503 e. The summed E-state index contributed by atoms with van der Waals surface area (Å²) in [5, 5.41) is 12.6. The number of piperidine rings is 1. The van der Waals surface area contributed by atoms with Crippen LogP contribution in [0.15, 0.2) is 6.07 Å². The molecule has 0 saturated carbocycles. The zero-order valence-corrected chi connectivity index (χ0v) is 9.59. The molecular weight excluding hydrogens is 228 g/mol. The van der Waals surface area contributed by atoms with Crippen LogP contribution in [0.2, 0.25) is 0 Å². The van der Waals surface area contributed by atoms with Crippen molar-refractivity contribution in [1.29, 1.82) is 0 Å². The second-order valence-electron chi connectivity index (χ2n) is 4.17. The summed E-state index contributed by atoms with van der Waals surface area (Å²) >= 11 is 0. The van der Waals surface area contributed by atoms with Crippen LogP contribution in [-0.4, -0.2) is 25.3 Å². The third-order valence-electron chi connectivity index (χ3n) is 3.17. The molecule has 94 valence electrons. The molecule has 1 saturated heterocycles. The van der Waals surface area contributed by atoms with E-state index in [0.717, 1.165) is 25.9 Å². The maximum absolute atomic E-state index is 13.8. The van der Waals surface area contributed by atoms with Gasteiger partial charge in [0.2, 0.25) is 5.82 Å². The molecule has 0 unspecified atom stereocenters. The Morgan fingerprint density at radius 3 is 2.53 bits per heavy atom. The van der Waals surface area contributed by atoms with Gasteiger partial charge in [0.05, 0.1) is 7.11 Å². The Balaban J connectivity index is 2.42. The Morgan fingerprint density at radius 1 is 1.29 bits per heavy atom. The lowest BCUT2D eigenvalue weighted by molar-refractivity contribution is 0.342. The molecule has 3 nitrogen and oxygen atoms in total. The van der Waals surface area contributed by atoms with Gasteiger partial charge in [-0.2, -0.15) is 4.39 Å². The molecule has 1 heterocycles. The molecule has 0 atom stereocenters. The Hall–Kier alpha value is -1.36. The van der Waals surface area contributed by atoms with Gasteiger partial charge in [-0.1, -0.05) is 0 Å².